The molecule has 4 atom stereocenters. The number of aliphatic hydroxyl groups is 3. The van der Waals surface area contributed by atoms with Crippen molar-refractivity contribution in [2.75, 3.05) is 26.9 Å². The van der Waals surface area contributed by atoms with Crippen molar-refractivity contribution in [1.82, 2.24) is 0 Å². The van der Waals surface area contributed by atoms with E-state index in [0.717, 1.165) is 0 Å². The minimum atomic E-state index is -1.37. The second kappa shape index (κ2) is 9.40. The first-order valence-electron chi connectivity index (χ1n) is 5.24. The fourth-order valence-corrected chi connectivity index (χ4v) is 1.26. The summed E-state index contributed by atoms with van der Waals surface area (Å²) in [6.45, 7) is -0.308. The molecule has 0 aromatic carbocycles. The minimum absolute atomic E-state index is 0.0343. The van der Waals surface area contributed by atoms with Crippen molar-refractivity contribution >= 4 is 0 Å². The monoisotopic (exact) mass is 252 g/mol. The number of hydrogen-bond acceptors (Lipinski definition) is 8. The Morgan fingerprint density at radius 1 is 1.35 bits per heavy atom. The second-order valence-corrected chi connectivity index (χ2v) is 3.48. The van der Waals surface area contributed by atoms with Crippen molar-refractivity contribution < 1.29 is 24.8 Å². The van der Waals surface area contributed by atoms with Gasteiger partial charge in [0.15, 0.2) is 6.29 Å². The fraction of sp³-hybridized carbons (Fsp3) is 1.00. The minimum Gasteiger partial charge on any atom is -0.394 e. The molecule has 0 heterocycles. The van der Waals surface area contributed by atoms with E-state index in [0.29, 0.717) is 0 Å². The van der Waals surface area contributed by atoms with Crippen molar-refractivity contribution in [3.05, 3.63) is 4.91 Å². The first kappa shape index (κ1) is 16.4. The van der Waals surface area contributed by atoms with Gasteiger partial charge in [-0.1, -0.05) is 5.18 Å². The lowest BCUT2D eigenvalue weighted by molar-refractivity contribution is -0.208. The van der Waals surface area contributed by atoms with Crippen molar-refractivity contribution in [3.8, 4) is 0 Å². The highest BCUT2D eigenvalue weighted by molar-refractivity contribution is 4.81. The van der Waals surface area contributed by atoms with Crippen LogP contribution in [-0.4, -0.2) is 66.7 Å². The topological polar surface area (TPSA) is 135 Å². The lowest BCUT2D eigenvalue weighted by Gasteiger charge is -2.28. The van der Waals surface area contributed by atoms with Crippen LogP contribution in [0.1, 0.15) is 6.42 Å². The summed E-state index contributed by atoms with van der Waals surface area (Å²) in [7, 11) is 1.29. The quantitative estimate of drug-likeness (QED) is 0.265. The van der Waals surface area contributed by atoms with Crippen LogP contribution in [0.3, 0.4) is 0 Å². The number of hydrogen-bond donors (Lipinski definition) is 4. The van der Waals surface area contributed by atoms with E-state index in [1.807, 2.05) is 0 Å². The summed E-state index contributed by atoms with van der Waals surface area (Å²) < 4.78 is 9.76. The van der Waals surface area contributed by atoms with E-state index in [4.69, 9.17) is 20.3 Å². The van der Waals surface area contributed by atoms with Crippen LogP contribution in [0, 0.1) is 4.91 Å². The Morgan fingerprint density at radius 2 is 2.00 bits per heavy atom. The SMILES string of the molecule is COC(OCCO)C(O)C(O)[C@@H](N)CCN=O. The molecular weight excluding hydrogens is 232 g/mol. The summed E-state index contributed by atoms with van der Waals surface area (Å²) in [5.41, 5.74) is 5.56. The van der Waals surface area contributed by atoms with Crippen LogP contribution in [0.15, 0.2) is 5.18 Å². The molecule has 0 aliphatic carbocycles. The van der Waals surface area contributed by atoms with Gasteiger partial charge in [-0.25, -0.2) is 0 Å². The van der Waals surface area contributed by atoms with Gasteiger partial charge in [-0.05, 0) is 6.42 Å². The normalized spacial score (nSPS) is 18.4. The molecule has 0 aliphatic heterocycles. The molecule has 0 aliphatic rings. The molecule has 5 N–H and O–H groups in total. The van der Waals surface area contributed by atoms with Gasteiger partial charge in [-0.3, -0.25) is 0 Å². The molecule has 0 aromatic heterocycles. The number of nitrogens with two attached hydrogens (primary N) is 1. The summed E-state index contributed by atoms with van der Waals surface area (Å²) in [5, 5.41) is 30.5. The van der Waals surface area contributed by atoms with E-state index in [-0.39, 0.29) is 26.2 Å². The van der Waals surface area contributed by atoms with Gasteiger partial charge in [0.2, 0.25) is 0 Å². The largest absolute Gasteiger partial charge is 0.394 e. The van der Waals surface area contributed by atoms with E-state index < -0.39 is 24.5 Å². The van der Waals surface area contributed by atoms with E-state index in [2.05, 4.69) is 5.18 Å². The molecular formula is C9H20N2O6. The van der Waals surface area contributed by atoms with E-state index in [9.17, 15) is 15.1 Å². The third-order valence-corrected chi connectivity index (χ3v) is 2.23. The Kier molecular flexibility index (Phi) is 9.04. The van der Waals surface area contributed by atoms with Gasteiger partial charge in [-0.15, -0.1) is 0 Å². The summed E-state index contributed by atoms with van der Waals surface area (Å²) in [6.07, 6.45) is -3.61. The van der Waals surface area contributed by atoms with Crippen LogP contribution in [0.4, 0.5) is 0 Å². The predicted molar refractivity (Wildman–Crippen MR) is 59.1 cm³/mol. The highest BCUT2D eigenvalue weighted by Crippen LogP contribution is 2.10. The lowest BCUT2D eigenvalue weighted by Crippen LogP contribution is -2.50. The predicted octanol–water partition coefficient (Wildman–Crippen LogP) is -1.83. The highest BCUT2D eigenvalue weighted by atomic mass is 16.7. The van der Waals surface area contributed by atoms with E-state index in [1.165, 1.54) is 7.11 Å². The van der Waals surface area contributed by atoms with Crippen LogP contribution in [0.25, 0.3) is 0 Å². The van der Waals surface area contributed by atoms with Gasteiger partial charge < -0.3 is 30.5 Å². The summed E-state index contributed by atoms with van der Waals surface area (Å²) in [5.74, 6) is 0. The molecule has 0 radical (unpaired) electrons. The molecule has 0 amide bonds. The average molecular weight is 252 g/mol. The molecule has 0 bridgehead atoms. The molecule has 0 rings (SSSR count). The zero-order valence-electron chi connectivity index (χ0n) is 9.73. The molecule has 8 heteroatoms. The molecule has 17 heavy (non-hydrogen) atoms. The summed E-state index contributed by atoms with van der Waals surface area (Å²) in [4.78, 5) is 9.91. The first-order chi connectivity index (χ1) is 8.08. The van der Waals surface area contributed by atoms with E-state index >= 15 is 0 Å². The maximum absolute atomic E-state index is 9.91. The Labute approximate surface area is 99.3 Å². The van der Waals surface area contributed by atoms with Crippen molar-refractivity contribution in [2.24, 2.45) is 10.9 Å². The summed E-state index contributed by atoms with van der Waals surface area (Å²) in [6, 6.07) is -0.807. The fourth-order valence-electron chi connectivity index (χ4n) is 1.26. The van der Waals surface area contributed by atoms with Crippen LogP contribution < -0.4 is 5.73 Å². The van der Waals surface area contributed by atoms with Crippen molar-refractivity contribution in [3.63, 3.8) is 0 Å². The lowest BCUT2D eigenvalue weighted by atomic mass is 10.0. The van der Waals surface area contributed by atoms with Gasteiger partial charge in [0, 0.05) is 13.2 Å². The Hall–Kier alpha value is -0.640. The zero-order chi connectivity index (χ0) is 13.3. The van der Waals surface area contributed by atoms with Crippen LogP contribution in [0.2, 0.25) is 0 Å². The molecule has 0 aromatic rings. The molecule has 0 saturated carbocycles. The molecule has 0 saturated heterocycles. The average Bonchev–Trinajstić information content (AvgIpc) is 2.35. The zero-order valence-corrected chi connectivity index (χ0v) is 9.73. The molecule has 0 spiro atoms. The van der Waals surface area contributed by atoms with Gasteiger partial charge in [-0.2, -0.15) is 4.91 Å². The smallest absolute Gasteiger partial charge is 0.185 e. The third kappa shape index (κ3) is 6.01. The second-order valence-electron chi connectivity index (χ2n) is 3.48. The van der Waals surface area contributed by atoms with Crippen LogP contribution >= 0.6 is 0 Å². The number of nitroso groups, excluding NO2 is 1. The van der Waals surface area contributed by atoms with Crippen molar-refractivity contribution in [1.29, 1.82) is 0 Å². The van der Waals surface area contributed by atoms with Gasteiger partial charge in [0.1, 0.15) is 6.10 Å². The van der Waals surface area contributed by atoms with Crippen LogP contribution in [-0.2, 0) is 9.47 Å². The Balaban J connectivity index is 4.22. The van der Waals surface area contributed by atoms with Gasteiger partial charge in [0.05, 0.1) is 25.9 Å². The first-order valence-corrected chi connectivity index (χ1v) is 5.24. The maximum atomic E-state index is 9.91. The molecule has 102 valence electrons. The molecule has 8 nitrogen and oxygen atoms in total. The summed E-state index contributed by atoms with van der Waals surface area (Å²) >= 11 is 0. The standard InChI is InChI=1S/C9H20N2O6/c1-16-9(17-5-4-12)8(14)7(13)6(10)2-3-11-15/h6-9,12-14H,2-5,10H2,1H3/t6-,7?,8?,9?/m0/s1. The maximum Gasteiger partial charge on any atom is 0.185 e. The number of rotatable bonds is 10. The number of nitrogens with zero attached hydrogens (tertiary/aromatic N) is 1. The number of aliphatic hydroxyl groups excluding tert-OH is 3. The van der Waals surface area contributed by atoms with Gasteiger partial charge >= 0.3 is 0 Å². The number of ether oxygens (including phenoxy) is 2. The Morgan fingerprint density at radius 3 is 2.47 bits per heavy atom. The molecule has 0 fully saturated rings. The Bertz CT molecular complexity index is 206. The van der Waals surface area contributed by atoms with Crippen molar-refractivity contribution in [2.45, 2.75) is 31.0 Å². The van der Waals surface area contributed by atoms with E-state index in [1.54, 1.807) is 0 Å². The van der Waals surface area contributed by atoms with Crippen LogP contribution in [0.5, 0.6) is 0 Å². The highest BCUT2D eigenvalue weighted by Gasteiger charge is 2.31. The van der Waals surface area contributed by atoms with Gasteiger partial charge in [0.25, 0.3) is 0 Å². The molecule has 3 unspecified atom stereocenters. The third-order valence-electron chi connectivity index (χ3n) is 2.23. The number of methoxy groups -OCH3 is 1.